The molecule has 1 aliphatic rings. The highest BCUT2D eigenvalue weighted by molar-refractivity contribution is 7.87. The first-order valence-electron chi connectivity index (χ1n) is 7.38. The van der Waals surface area contributed by atoms with Gasteiger partial charge in [-0.3, -0.25) is 0 Å². The Morgan fingerprint density at radius 2 is 1.81 bits per heavy atom. The lowest BCUT2D eigenvalue weighted by molar-refractivity contribution is 0.221. The Bertz CT molecular complexity index is 579. The maximum absolute atomic E-state index is 12.2. The number of nitrogens with one attached hydrogen (secondary N) is 1. The average Bonchev–Trinajstić information content (AvgIpc) is 2.41. The molecule has 1 fully saturated rings. The van der Waals surface area contributed by atoms with Crippen LogP contribution in [0.5, 0.6) is 0 Å². The van der Waals surface area contributed by atoms with E-state index in [4.69, 9.17) is 0 Å². The highest BCUT2D eigenvalue weighted by Crippen LogP contribution is 2.11. The van der Waals surface area contributed by atoms with Crippen molar-refractivity contribution in [3.63, 3.8) is 0 Å². The number of likely N-dealkylation sites (N-methyl/N-ethyl adjacent to an activating group) is 1. The second-order valence-electron chi connectivity index (χ2n) is 5.78. The quantitative estimate of drug-likeness (QED) is 0.880. The summed E-state index contributed by atoms with van der Waals surface area (Å²) in [5.41, 5.74) is 3.64. The van der Waals surface area contributed by atoms with E-state index in [0.29, 0.717) is 19.6 Å². The van der Waals surface area contributed by atoms with Gasteiger partial charge in [0.2, 0.25) is 0 Å². The number of piperazine rings is 1. The van der Waals surface area contributed by atoms with E-state index < -0.39 is 10.2 Å². The van der Waals surface area contributed by atoms with E-state index in [2.05, 4.69) is 41.7 Å². The van der Waals surface area contributed by atoms with Crippen LogP contribution in [0.15, 0.2) is 18.2 Å². The molecule has 118 valence electrons. The first-order chi connectivity index (χ1) is 9.88. The van der Waals surface area contributed by atoms with Crippen LogP contribution in [-0.4, -0.2) is 57.4 Å². The number of nitrogens with zero attached hydrogens (tertiary/aromatic N) is 2. The third-order valence-electron chi connectivity index (χ3n) is 3.98. The van der Waals surface area contributed by atoms with E-state index in [1.807, 2.05) is 7.05 Å². The molecule has 0 amide bonds. The molecule has 0 atom stereocenters. The maximum atomic E-state index is 12.2. The fourth-order valence-corrected chi connectivity index (χ4v) is 3.75. The first-order valence-corrected chi connectivity index (χ1v) is 8.82. The van der Waals surface area contributed by atoms with Gasteiger partial charge in [-0.1, -0.05) is 23.8 Å². The van der Waals surface area contributed by atoms with Crippen molar-refractivity contribution < 1.29 is 8.42 Å². The molecule has 0 radical (unpaired) electrons. The largest absolute Gasteiger partial charge is 0.304 e. The van der Waals surface area contributed by atoms with Crippen LogP contribution in [-0.2, 0) is 16.6 Å². The molecule has 1 N–H and O–H groups in total. The number of rotatable bonds is 5. The summed E-state index contributed by atoms with van der Waals surface area (Å²) < 4.78 is 28.7. The van der Waals surface area contributed by atoms with Gasteiger partial charge in [-0.05, 0) is 38.4 Å². The Labute approximate surface area is 128 Å². The number of hydrogen-bond acceptors (Lipinski definition) is 3. The molecule has 6 heteroatoms. The SMILES string of the molecule is Cc1ccc(CCNS(=O)(=O)N2CCN(C)CC2)c(C)c1. The standard InChI is InChI=1S/C15H25N3O2S/c1-13-4-5-15(14(2)12-13)6-7-16-21(19,20)18-10-8-17(3)9-11-18/h4-5,12,16H,6-11H2,1-3H3. The Kier molecular flexibility index (Phi) is 5.37. The number of hydrogen-bond donors (Lipinski definition) is 1. The van der Waals surface area contributed by atoms with E-state index in [0.717, 1.165) is 19.5 Å². The molecule has 1 heterocycles. The predicted octanol–water partition coefficient (Wildman–Crippen LogP) is 0.928. The van der Waals surface area contributed by atoms with Gasteiger partial charge >= 0.3 is 0 Å². The summed E-state index contributed by atoms with van der Waals surface area (Å²) in [4.78, 5) is 2.14. The third-order valence-corrected chi connectivity index (χ3v) is 5.59. The van der Waals surface area contributed by atoms with E-state index in [9.17, 15) is 8.42 Å². The van der Waals surface area contributed by atoms with Crippen molar-refractivity contribution in [2.75, 3.05) is 39.8 Å². The Hall–Kier alpha value is -0.950. The lowest BCUT2D eigenvalue weighted by Gasteiger charge is -2.31. The molecule has 2 rings (SSSR count). The highest BCUT2D eigenvalue weighted by atomic mass is 32.2. The van der Waals surface area contributed by atoms with E-state index >= 15 is 0 Å². The lowest BCUT2D eigenvalue weighted by atomic mass is 10.0. The van der Waals surface area contributed by atoms with Gasteiger partial charge in [0.25, 0.3) is 10.2 Å². The summed E-state index contributed by atoms with van der Waals surface area (Å²) >= 11 is 0. The van der Waals surface area contributed by atoms with Gasteiger partial charge < -0.3 is 4.90 Å². The fourth-order valence-electron chi connectivity index (χ4n) is 2.56. The van der Waals surface area contributed by atoms with Gasteiger partial charge in [0.1, 0.15) is 0 Å². The Morgan fingerprint density at radius 1 is 1.14 bits per heavy atom. The zero-order valence-corrected chi connectivity index (χ0v) is 13.9. The minimum Gasteiger partial charge on any atom is -0.304 e. The second-order valence-corrected chi connectivity index (χ2v) is 7.54. The van der Waals surface area contributed by atoms with Crippen molar-refractivity contribution in [1.29, 1.82) is 0 Å². The van der Waals surface area contributed by atoms with E-state index in [-0.39, 0.29) is 0 Å². The molecule has 1 aliphatic heterocycles. The molecule has 1 saturated heterocycles. The third kappa shape index (κ3) is 4.51. The van der Waals surface area contributed by atoms with Crippen LogP contribution >= 0.6 is 0 Å². The zero-order valence-electron chi connectivity index (χ0n) is 13.1. The van der Waals surface area contributed by atoms with Gasteiger partial charge in [-0.25, -0.2) is 4.72 Å². The van der Waals surface area contributed by atoms with Crippen LogP contribution < -0.4 is 4.72 Å². The molecular weight excluding hydrogens is 286 g/mol. The first kappa shape index (κ1) is 16.4. The maximum Gasteiger partial charge on any atom is 0.279 e. The smallest absolute Gasteiger partial charge is 0.279 e. The molecule has 0 aliphatic carbocycles. The summed E-state index contributed by atoms with van der Waals surface area (Å²) in [5.74, 6) is 0. The summed E-state index contributed by atoms with van der Waals surface area (Å²) in [6.45, 7) is 7.28. The Morgan fingerprint density at radius 3 is 2.43 bits per heavy atom. The van der Waals surface area contributed by atoms with Gasteiger partial charge in [-0.2, -0.15) is 12.7 Å². The molecule has 5 nitrogen and oxygen atoms in total. The highest BCUT2D eigenvalue weighted by Gasteiger charge is 2.24. The van der Waals surface area contributed by atoms with Crippen molar-refractivity contribution in [1.82, 2.24) is 13.9 Å². The van der Waals surface area contributed by atoms with Gasteiger partial charge in [0.05, 0.1) is 0 Å². The van der Waals surface area contributed by atoms with Crippen LogP contribution in [0.4, 0.5) is 0 Å². The molecule has 0 bridgehead atoms. The van der Waals surface area contributed by atoms with E-state index in [1.165, 1.54) is 21.0 Å². The fraction of sp³-hybridized carbons (Fsp3) is 0.600. The molecule has 21 heavy (non-hydrogen) atoms. The van der Waals surface area contributed by atoms with Crippen LogP contribution in [0.2, 0.25) is 0 Å². The van der Waals surface area contributed by atoms with Crippen molar-refractivity contribution in [2.24, 2.45) is 0 Å². The zero-order chi connectivity index (χ0) is 15.5. The van der Waals surface area contributed by atoms with Gasteiger partial charge in [0.15, 0.2) is 0 Å². The van der Waals surface area contributed by atoms with Crippen LogP contribution in [0, 0.1) is 13.8 Å². The predicted molar refractivity (Wildman–Crippen MR) is 85.6 cm³/mol. The van der Waals surface area contributed by atoms with Crippen molar-refractivity contribution >= 4 is 10.2 Å². The summed E-state index contributed by atoms with van der Waals surface area (Å²) in [6, 6.07) is 6.27. The van der Waals surface area contributed by atoms with E-state index in [1.54, 1.807) is 0 Å². The molecule has 1 aromatic rings. The van der Waals surface area contributed by atoms with Crippen LogP contribution in [0.25, 0.3) is 0 Å². The van der Waals surface area contributed by atoms with Crippen molar-refractivity contribution in [3.8, 4) is 0 Å². The second kappa shape index (κ2) is 6.87. The summed E-state index contributed by atoms with van der Waals surface area (Å²) in [5, 5.41) is 0. The topological polar surface area (TPSA) is 52.7 Å². The minimum atomic E-state index is -3.34. The van der Waals surface area contributed by atoms with Gasteiger partial charge in [0, 0.05) is 32.7 Å². The molecule has 0 unspecified atom stereocenters. The van der Waals surface area contributed by atoms with Gasteiger partial charge in [-0.15, -0.1) is 0 Å². The molecular formula is C15H25N3O2S. The summed E-state index contributed by atoms with van der Waals surface area (Å²) in [6.07, 6.45) is 0.721. The van der Waals surface area contributed by atoms with Crippen molar-refractivity contribution in [2.45, 2.75) is 20.3 Å². The lowest BCUT2D eigenvalue weighted by Crippen LogP contribution is -2.51. The molecule has 0 spiro atoms. The number of aryl methyl sites for hydroxylation is 2. The Balaban J connectivity index is 1.87. The molecule has 0 saturated carbocycles. The molecule has 0 aromatic heterocycles. The normalized spacial score (nSPS) is 18.0. The molecule has 1 aromatic carbocycles. The van der Waals surface area contributed by atoms with Crippen molar-refractivity contribution in [3.05, 3.63) is 34.9 Å². The van der Waals surface area contributed by atoms with Crippen LogP contribution in [0.1, 0.15) is 16.7 Å². The summed E-state index contributed by atoms with van der Waals surface area (Å²) in [7, 11) is -1.33. The minimum absolute atomic E-state index is 0.443. The number of benzene rings is 1. The monoisotopic (exact) mass is 311 g/mol. The van der Waals surface area contributed by atoms with Crippen LogP contribution in [0.3, 0.4) is 0 Å². The average molecular weight is 311 g/mol.